The Bertz CT molecular complexity index is 927. The summed E-state index contributed by atoms with van der Waals surface area (Å²) < 4.78 is 5.47. The Labute approximate surface area is 168 Å². The highest BCUT2D eigenvalue weighted by atomic mass is 35.5. The number of hydrogen-bond acceptors (Lipinski definition) is 5. The van der Waals surface area contributed by atoms with E-state index in [0.29, 0.717) is 30.9 Å². The number of nitrogens with zero attached hydrogens (tertiary/aromatic N) is 2. The highest BCUT2D eigenvalue weighted by Crippen LogP contribution is 2.40. The molecule has 1 aliphatic heterocycles. The van der Waals surface area contributed by atoms with Gasteiger partial charge in [0.15, 0.2) is 0 Å². The summed E-state index contributed by atoms with van der Waals surface area (Å²) >= 11 is 6.28. The van der Waals surface area contributed by atoms with Gasteiger partial charge in [-0.05, 0) is 49.2 Å². The van der Waals surface area contributed by atoms with Crippen LogP contribution in [0.2, 0.25) is 5.02 Å². The van der Waals surface area contributed by atoms with Crippen molar-refractivity contribution < 1.29 is 19.4 Å². The molecule has 1 amide bonds. The van der Waals surface area contributed by atoms with Crippen LogP contribution in [0.5, 0.6) is 5.75 Å². The van der Waals surface area contributed by atoms with E-state index in [9.17, 15) is 14.7 Å². The third-order valence-corrected chi connectivity index (χ3v) is 4.86. The molecule has 146 valence electrons. The molecule has 1 fully saturated rings. The van der Waals surface area contributed by atoms with E-state index in [1.54, 1.807) is 42.7 Å². The van der Waals surface area contributed by atoms with Gasteiger partial charge < -0.3 is 14.7 Å². The summed E-state index contributed by atoms with van der Waals surface area (Å²) in [6.45, 7) is 4.60. The van der Waals surface area contributed by atoms with Crippen molar-refractivity contribution in [3.05, 3.63) is 64.4 Å². The minimum absolute atomic E-state index is 0.0141. The maximum Gasteiger partial charge on any atom is 0.295 e. The van der Waals surface area contributed by atoms with Crippen LogP contribution in [0, 0.1) is 0 Å². The lowest BCUT2D eigenvalue weighted by Crippen LogP contribution is -2.30. The summed E-state index contributed by atoms with van der Waals surface area (Å²) in [7, 11) is 0. The summed E-state index contributed by atoms with van der Waals surface area (Å²) in [5, 5.41) is 11.3. The normalized spacial score (nSPS) is 18.5. The second-order valence-electron chi connectivity index (χ2n) is 6.35. The highest BCUT2D eigenvalue weighted by molar-refractivity contribution is 6.47. The minimum Gasteiger partial charge on any atom is -0.507 e. The van der Waals surface area contributed by atoms with Crippen molar-refractivity contribution in [2.24, 2.45) is 0 Å². The molecule has 1 aromatic heterocycles. The van der Waals surface area contributed by atoms with E-state index in [1.165, 1.54) is 4.90 Å². The summed E-state index contributed by atoms with van der Waals surface area (Å²) in [6.07, 6.45) is 3.85. The number of carbonyl (C=O) groups excluding carboxylic acids is 2. The second-order valence-corrected chi connectivity index (χ2v) is 6.75. The van der Waals surface area contributed by atoms with Gasteiger partial charge in [-0.2, -0.15) is 0 Å². The van der Waals surface area contributed by atoms with Gasteiger partial charge in [-0.1, -0.05) is 18.5 Å². The van der Waals surface area contributed by atoms with Crippen LogP contribution in [0.25, 0.3) is 5.76 Å². The number of rotatable bonds is 6. The van der Waals surface area contributed by atoms with E-state index in [2.05, 4.69) is 4.98 Å². The van der Waals surface area contributed by atoms with Gasteiger partial charge in [-0.3, -0.25) is 14.6 Å². The van der Waals surface area contributed by atoms with Crippen molar-refractivity contribution in [3.63, 3.8) is 0 Å². The fraction of sp³-hybridized carbons (Fsp3) is 0.286. The Balaban J connectivity index is 2.20. The number of hydrogen-bond donors (Lipinski definition) is 1. The lowest BCUT2D eigenvalue weighted by atomic mass is 9.96. The first-order chi connectivity index (χ1) is 13.5. The summed E-state index contributed by atoms with van der Waals surface area (Å²) in [5.74, 6) is -1.17. The number of Topliss-reactive ketones (excluding diaryl/α,β-unsaturated/α-hetero) is 1. The van der Waals surface area contributed by atoms with Crippen LogP contribution in [0.1, 0.15) is 37.4 Å². The van der Waals surface area contributed by atoms with Crippen molar-refractivity contribution >= 4 is 29.1 Å². The predicted octanol–water partition coefficient (Wildman–Crippen LogP) is 3.97. The molecular weight excluding hydrogens is 380 g/mol. The number of ketones is 1. The number of pyridine rings is 1. The molecule has 28 heavy (non-hydrogen) atoms. The van der Waals surface area contributed by atoms with Gasteiger partial charge in [0.05, 0.1) is 23.2 Å². The fourth-order valence-corrected chi connectivity index (χ4v) is 3.54. The van der Waals surface area contributed by atoms with E-state index in [4.69, 9.17) is 16.3 Å². The Kier molecular flexibility index (Phi) is 5.99. The largest absolute Gasteiger partial charge is 0.507 e. The molecule has 7 heteroatoms. The first-order valence-electron chi connectivity index (χ1n) is 9.10. The molecule has 6 nitrogen and oxygen atoms in total. The molecule has 1 aliphatic rings. The fourth-order valence-electron chi connectivity index (χ4n) is 3.33. The molecule has 0 aliphatic carbocycles. The molecular formula is C21H21ClN2O4. The van der Waals surface area contributed by atoms with Crippen LogP contribution >= 0.6 is 11.6 Å². The molecule has 1 saturated heterocycles. The summed E-state index contributed by atoms with van der Waals surface area (Å²) in [4.78, 5) is 30.9. The molecule has 1 unspecified atom stereocenters. The first kappa shape index (κ1) is 19.9. The topological polar surface area (TPSA) is 79.7 Å². The first-order valence-corrected chi connectivity index (χ1v) is 9.48. The lowest BCUT2D eigenvalue weighted by molar-refractivity contribution is -0.139. The van der Waals surface area contributed by atoms with Crippen LogP contribution in [-0.4, -0.2) is 39.8 Å². The predicted molar refractivity (Wildman–Crippen MR) is 106 cm³/mol. The molecule has 0 spiro atoms. The van der Waals surface area contributed by atoms with Gasteiger partial charge >= 0.3 is 0 Å². The minimum atomic E-state index is -0.731. The maximum absolute atomic E-state index is 12.8. The standard InChI is InChI=1S/C21H21ClN2O4/c1-3-11-24-18(13-7-9-23-10-8-13)17(20(26)21(24)27)19(25)15-12-14(28-4-2)5-6-16(15)22/h5-10,12,18,25H,3-4,11H2,1-2H3/b19-17+. The SMILES string of the molecule is CCCN1C(=O)C(=O)/C(=C(/O)c2cc(OCC)ccc2Cl)C1c1ccncc1. The molecule has 1 N–H and O–H groups in total. The molecule has 1 atom stereocenters. The van der Waals surface area contributed by atoms with Gasteiger partial charge in [-0.15, -0.1) is 0 Å². The zero-order chi connectivity index (χ0) is 20.3. The van der Waals surface area contributed by atoms with Crippen LogP contribution in [0.3, 0.4) is 0 Å². The van der Waals surface area contributed by atoms with E-state index >= 15 is 0 Å². The van der Waals surface area contributed by atoms with E-state index in [1.807, 2.05) is 13.8 Å². The molecule has 0 saturated carbocycles. The quantitative estimate of drug-likeness (QED) is 0.451. The number of amides is 1. The molecule has 2 aromatic rings. The zero-order valence-corrected chi connectivity index (χ0v) is 16.4. The molecule has 0 radical (unpaired) electrons. The van der Waals surface area contributed by atoms with Crippen molar-refractivity contribution in [2.45, 2.75) is 26.3 Å². The van der Waals surface area contributed by atoms with E-state index in [-0.39, 0.29) is 21.9 Å². The molecule has 3 rings (SSSR count). The number of carbonyl (C=O) groups is 2. The Morgan fingerprint density at radius 3 is 2.57 bits per heavy atom. The van der Waals surface area contributed by atoms with Crippen molar-refractivity contribution in [2.75, 3.05) is 13.2 Å². The van der Waals surface area contributed by atoms with Gasteiger partial charge in [0.25, 0.3) is 11.7 Å². The third-order valence-electron chi connectivity index (χ3n) is 4.53. The van der Waals surface area contributed by atoms with E-state index in [0.717, 1.165) is 0 Å². The highest BCUT2D eigenvalue weighted by Gasteiger charge is 2.45. The van der Waals surface area contributed by atoms with Crippen LogP contribution < -0.4 is 4.74 Å². The smallest absolute Gasteiger partial charge is 0.295 e. The maximum atomic E-state index is 12.8. The number of ether oxygens (including phenoxy) is 1. The van der Waals surface area contributed by atoms with Crippen molar-refractivity contribution in [3.8, 4) is 5.75 Å². The second kappa shape index (κ2) is 8.44. The lowest BCUT2D eigenvalue weighted by Gasteiger charge is -2.24. The number of aromatic nitrogens is 1. The Hall–Kier alpha value is -2.86. The van der Waals surface area contributed by atoms with E-state index < -0.39 is 17.7 Å². The van der Waals surface area contributed by atoms with Crippen LogP contribution in [0.4, 0.5) is 0 Å². The number of halogens is 1. The van der Waals surface area contributed by atoms with Crippen molar-refractivity contribution in [1.82, 2.24) is 9.88 Å². The molecule has 2 heterocycles. The average Bonchev–Trinajstić information content (AvgIpc) is 2.95. The number of aliphatic hydroxyl groups excluding tert-OH is 1. The Morgan fingerprint density at radius 2 is 1.93 bits per heavy atom. The summed E-state index contributed by atoms with van der Waals surface area (Å²) in [5.41, 5.74) is 0.961. The molecule has 0 bridgehead atoms. The number of likely N-dealkylation sites (tertiary alicyclic amines) is 1. The van der Waals surface area contributed by atoms with Crippen LogP contribution in [-0.2, 0) is 9.59 Å². The number of benzene rings is 1. The van der Waals surface area contributed by atoms with Crippen LogP contribution in [0.15, 0.2) is 48.3 Å². The zero-order valence-electron chi connectivity index (χ0n) is 15.7. The Morgan fingerprint density at radius 1 is 1.21 bits per heavy atom. The van der Waals surface area contributed by atoms with Gasteiger partial charge in [-0.25, -0.2) is 0 Å². The number of aliphatic hydroxyl groups is 1. The van der Waals surface area contributed by atoms with Gasteiger partial charge in [0, 0.05) is 24.5 Å². The average molecular weight is 401 g/mol. The van der Waals surface area contributed by atoms with Gasteiger partial charge in [0.1, 0.15) is 11.5 Å². The van der Waals surface area contributed by atoms with Gasteiger partial charge in [0.2, 0.25) is 0 Å². The van der Waals surface area contributed by atoms with Crippen molar-refractivity contribution in [1.29, 1.82) is 0 Å². The summed E-state index contributed by atoms with van der Waals surface area (Å²) in [6, 6.07) is 7.59. The third kappa shape index (κ3) is 3.60. The molecule has 1 aromatic carbocycles. The monoisotopic (exact) mass is 400 g/mol.